The number of pyridine rings is 1. The first-order valence-electron chi connectivity index (χ1n) is 11.6. The molecular formula is C26H23N7O4S. The fraction of sp³-hybridized carbons (Fsp3) is 0.154. The molecule has 192 valence electrons. The van der Waals surface area contributed by atoms with E-state index in [0.29, 0.717) is 39.6 Å². The fourth-order valence-electron chi connectivity index (χ4n) is 4.08. The quantitative estimate of drug-likeness (QED) is 0.187. The van der Waals surface area contributed by atoms with Gasteiger partial charge in [0.1, 0.15) is 11.8 Å². The number of nitro benzene ring substituents is 1. The van der Waals surface area contributed by atoms with Crippen molar-refractivity contribution in [2.75, 3.05) is 17.7 Å². The molecule has 1 atom stereocenters. The van der Waals surface area contributed by atoms with Gasteiger partial charge in [-0.3, -0.25) is 19.9 Å². The van der Waals surface area contributed by atoms with Crippen LogP contribution in [0.3, 0.4) is 0 Å². The van der Waals surface area contributed by atoms with Crippen molar-refractivity contribution < 1.29 is 14.5 Å². The Balaban J connectivity index is 1.45. The Morgan fingerprint density at radius 2 is 1.95 bits per heavy atom. The smallest absolute Gasteiger partial charge is 0.269 e. The van der Waals surface area contributed by atoms with E-state index in [-0.39, 0.29) is 11.6 Å². The van der Waals surface area contributed by atoms with Crippen molar-refractivity contribution in [3.05, 3.63) is 106 Å². The van der Waals surface area contributed by atoms with Crippen LogP contribution in [-0.4, -0.2) is 37.7 Å². The molecule has 0 radical (unpaired) electrons. The number of anilines is 2. The highest BCUT2D eigenvalue weighted by atomic mass is 32.2. The third-order valence-electron chi connectivity index (χ3n) is 5.94. The zero-order chi connectivity index (χ0) is 26.6. The molecular weight excluding hydrogens is 506 g/mol. The molecule has 0 bridgehead atoms. The highest BCUT2D eigenvalue weighted by molar-refractivity contribution is 7.98. The maximum absolute atomic E-state index is 13.5. The van der Waals surface area contributed by atoms with Crippen LogP contribution in [0.1, 0.15) is 24.1 Å². The first-order chi connectivity index (χ1) is 18.4. The average molecular weight is 530 g/mol. The Morgan fingerprint density at radius 1 is 1.18 bits per heavy atom. The van der Waals surface area contributed by atoms with Gasteiger partial charge in [0, 0.05) is 29.8 Å². The lowest BCUT2D eigenvalue weighted by Gasteiger charge is -2.28. The van der Waals surface area contributed by atoms with E-state index >= 15 is 0 Å². The maximum Gasteiger partial charge on any atom is 0.269 e. The van der Waals surface area contributed by atoms with Crippen molar-refractivity contribution in [3.8, 4) is 5.75 Å². The van der Waals surface area contributed by atoms with Crippen molar-refractivity contribution >= 4 is 35.0 Å². The van der Waals surface area contributed by atoms with E-state index < -0.39 is 11.0 Å². The highest BCUT2D eigenvalue weighted by Gasteiger charge is 2.34. The molecule has 1 aliphatic heterocycles. The molecule has 0 saturated heterocycles. The van der Waals surface area contributed by atoms with Gasteiger partial charge >= 0.3 is 0 Å². The molecule has 0 saturated carbocycles. The monoisotopic (exact) mass is 529 g/mol. The number of benzene rings is 2. The predicted octanol–water partition coefficient (Wildman–Crippen LogP) is 4.81. The molecule has 38 heavy (non-hydrogen) atoms. The number of non-ortho nitro benzene ring substituents is 1. The number of hydrogen-bond acceptors (Lipinski definition) is 9. The number of carbonyl (C=O) groups is 1. The Hall–Kier alpha value is -4.71. The molecule has 12 heteroatoms. The summed E-state index contributed by atoms with van der Waals surface area (Å²) in [7, 11) is 1.60. The number of aromatic nitrogens is 4. The summed E-state index contributed by atoms with van der Waals surface area (Å²) in [4.78, 5) is 32.7. The number of methoxy groups -OCH3 is 1. The van der Waals surface area contributed by atoms with Gasteiger partial charge in [0.05, 0.1) is 29.5 Å². The lowest BCUT2D eigenvalue weighted by Crippen LogP contribution is -2.31. The van der Waals surface area contributed by atoms with Gasteiger partial charge in [0.15, 0.2) is 0 Å². The van der Waals surface area contributed by atoms with Gasteiger partial charge in [-0.2, -0.15) is 4.98 Å². The minimum Gasteiger partial charge on any atom is -0.497 e. The van der Waals surface area contributed by atoms with Gasteiger partial charge in [-0.25, -0.2) is 4.68 Å². The zero-order valence-electron chi connectivity index (χ0n) is 20.5. The molecule has 1 amide bonds. The van der Waals surface area contributed by atoms with Gasteiger partial charge in [0.2, 0.25) is 11.1 Å². The van der Waals surface area contributed by atoms with E-state index in [9.17, 15) is 14.9 Å². The van der Waals surface area contributed by atoms with Gasteiger partial charge in [-0.1, -0.05) is 36.0 Å². The second kappa shape index (κ2) is 10.7. The van der Waals surface area contributed by atoms with Crippen LogP contribution >= 0.6 is 11.8 Å². The number of allylic oxidation sites excluding steroid dienone is 1. The molecule has 0 fully saturated rings. The molecule has 11 nitrogen and oxygen atoms in total. The first-order valence-corrected chi connectivity index (χ1v) is 12.6. The normalized spacial score (nSPS) is 14.4. The molecule has 2 aromatic carbocycles. The Morgan fingerprint density at radius 3 is 2.61 bits per heavy atom. The minimum atomic E-state index is -0.546. The summed E-state index contributed by atoms with van der Waals surface area (Å²) < 4.78 is 7.01. The summed E-state index contributed by atoms with van der Waals surface area (Å²) in [6.45, 7) is 1.83. The second-order valence-electron chi connectivity index (χ2n) is 8.41. The summed E-state index contributed by atoms with van der Waals surface area (Å²) in [5, 5.41) is 22.3. The van der Waals surface area contributed by atoms with Crippen molar-refractivity contribution in [2.45, 2.75) is 23.9 Å². The van der Waals surface area contributed by atoms with Crippen LogP contribution in [0.15, 0.2) is 89.5 Å². The molecule has 2 aromatic heterocycles. The van der Waals surface area contributed by atoms with E-state index in [2.05, 4.69) is 20.6 Å². The number of nitro groups is 1. The topological polar surface area (TPSA) is 137 Å². The number of rotatable bonds is 8. The third kappa shape index (κ3) is 5.20. The lowest BCUT2D eigenvalue weighted by molar-refractivity contribution is -0.384. The average Bonchev–Trinajstić information content (AvgIpc) is 3.34. The summed E-state index contributed by atoms with van der Waals surface area (Å²) in [5.74, 6) is 1.44. The van der Waals surface area contributed by atoms with Gasteiger partial charge < -0.3 is 15.4 Å². The summed E-state index contributed by atoms with van der Waals surface area (Å²) >= 11 is 1.40. The number of nitrogens with zero attached hydrogens (tertiary/aromatic N) is 5. The van der Waals surface area contributed by atoms with Gasteiger partial charge in [-0.05, 0) is 42.3 Å². The van der Waals surface area contributed by atoms with E-state index in [1.54, 1.807) is 48.5 Å². The van der Waals surface area contributed by atoms with Gasteiger partial charge in [-0.15, -0.1) is 5.10 Å². The number of hydrogen-bond donors (Lipinski definition) is 2. The van der Waals surface area contributed by atoms with Crippen LogP contribution in [-0.2, 0) is 10.5 Å². The van der Waals surface area contributed by atoms with E-state index in [0.717, 1.165) is 11.1 Å². The van der Waals surface area contributed by atoms with Crippen LogP contribution in [0.5, 0.6) is 5.75 Å². The van der Waals surface area contributed by atoms with Crippen LogP contribution < -0.4 is 15.4 Å². The Kier molecular flexibility index (Phi) is 7.05. The number of fused-ring (bicyclic) bond motifs is 1. The number of ether oxygens (including phenoxy) is 1. The first kappa shape index (κ1) is 25.0. The van der Waals surface area contributed by atoms with E-state index in [1.165, 1.54) is 23.9 Å². The molecule has 4 aromatic rings. The van der Waals surface area contributed by atoms with Crippen molar-refractivity contribution in [2.24, 2.45) is 0 Å². The summed E-state index contributed by atoms with van der Waals surface area (Å²) in [6, 6.07) is 16.8. The predicted molar refractivity (Wildman–Crippen MR) is 143 cm³/mol. The molecule has 1 aliphatic rings. The Bertz CT molecular complexity index is 1500. The number of nitrogens with one attached hydrogen (secondary N) is 2. The van der Waals surface area contributed by atoms with E-state index in [1.807, 2.05) is 31.2 Å². The number of amides is 1. The number of carbonyl (C=O) groups excluding carboxylic acids is 1. The fourth-order valence-corrected chi connectivity index (χ4v) is 4.86. The zero-order valence-corrected chi connectivity index (χ0v) is 21.3. The van der Waals surface area contributed by atoms with Crippen LogP contribution in [0.2, 0.25) is 0 Å². The largest absolute Gasteiger partial charge is 0.497 e. The summed E-state index contributed by atoms with van der Waals surface area (Å²) in [5.41, 5.74) is 3.50. The minimum absolute atomic E-state index is 0.0412. The lowest BCUT2D eigenvalue weighted by atomic mass is 9.95. The van der Waals surface area contributed by atoms with Crippen molar-refractivity contribution in [3.63, 3.8) is 0 Å². The molecule has 0 spiro atoms. The number of thioether (sulfide) groups is 1. The van der Waals surface area contributed by atoms with Crippen molar-refractivity contribution in [1.82, 2.24) is 19.7 Å². The SMILES string of the molecule is COc1ccc(C2C(C(=O)Nc3cccnc3)=C(C)Nc3nc(SCc4ccc([N+](=O)[O-])cc4)nn32)cc1. The standard InChI is InChI=1S/C26H23N7O4S/c1-16-22(24(34)29-19-4-3-13-27-14-19)23(18-7-11-21(37-2)12-8-18)32-25(28-16)30-26(31-32)38-15-17-5-9-20(10-6-17)33(35)36/h3-14,23H,15H2,1-2H3,(H,29,34)(H,28,30,31). The summed E-state index contributed by atoms with van der Waals surface area (Å²) in [6.07, 6.45) is 3.22. The molecule has 0 aliphatic carbocycles. The molecule has 2 N–H and O–H groups in total. The van der Waals surface area contributed by atoms with Crippen molar-refractivity contribution in [1.29, 1.82) is 0 Å². The molecule has 3 heterocycles. The van der Waals surface area contributed by atoms with Crippen LogP contribution in [0.25, 0.3) is 0 Å². The van der Waals surface area contributed by atoms with Crippen LogP contribution in [0, 0.1) is 10.1 Å². The van der Waals surface area contributed by atoms with E-state index in [4.69, 9.17) is 9.84 Å². The highest BCUT2D eigenvalue weighted by Crippen LogP contribution is 2.37. The Labute approximate surface area is 222 Å². The second-order valence-corrected chi connectivity index (χ2v) is 9.35. The van der Waals surface area contributed by atoms with Gasteiger partial charge in [0.25, 0.3) is 11.6 Å². The van der Waals surface area contributed by atoms with Crippen LogP contribution in [0.4, 0.5) is 17.3 Å². The third-order valence-corrected chi connectivity index (χ3v) is 6.85. The maximum atomic E-state index is 13.5. The molecule has 1 unspecified atom stereocenters. The molecule has 5 rings (SSSR count).